The van der Waals surface area contributed by atoms with Gasteiger partial charge >= 0.3 is 12.0 Å². The first-order valence-electron chi connectivity index (χ1n) is 7.67. The Bertz CT molecular complexity index is 585. The molecule has 0 aromatic heterocycles. The second-order valence-electron chi connectivity index (χ2n) is 5.41. The molecule has 1 aromatic carbocycles. The van der Waals surface area contributed by atoms with E-state index in [2.05, 4.69) is 26.6 Å². The summed E-state index contributed by atoms with van der Waals surface area (Å²) in [6.45, 7) is -0.843. The summed E-state index contributed by atoms with van der Waals surface area (Å²) in [5, 5.41) is 4.84. The molecule has 2 rings (SSSR count). The summed E-state index contributed by atoms with van der Waals surface area (Å²) in [5.41, 5.74) is 0. The van der Waals surface area contributed by atoms with Crippen LogP contribution < -0.4 is 15.4 Å². The van der Waals surface area contributed by atoms with Gasteiger partial charge in [0.05, 0.1) is 0 Å². The fourth-order valence-corrected chi connectivity index (χ4v) is 2.58. The van der Waals surface area contributed by atoms with Gasteiger partial charge in [-0.05, 0) is 37.1 Å². The van der Waals surface area contributed by atoms with Gasteiger partial charge in [0.2, 0.25) is 0 Å². The Kier molecular flexibility index (Phi) is 7.05. The maximum Gasteiger partial charge on any atom is 0.344 e. The third-order valence-electron chi connectivity index (χ3n) is 3.48. The van der Waals surface area contributed by atoms with E-state index in [0.29, 0.717) is 5.75 Å². The number of rotatable bonds is 6. The first-order chi connectivity index (χ1) is 11.5. The Hall–Kier alpha value is -2.09. The SMILES string of the molecule is O=C(COC(=O)COc1ccc(Br)cc1)NC(=O)NC1CCCC1. The molecular weight excluding hydrogens is 380 g/mol. The minimum Gasteiger partial charge on any atom is -0.482 e. The van der Waals surface area contributed by atoms with Crippen LogP contribution in [0.3, 0.4) is 0 Å². The summed E-state index contributed by atoms with van der Waals surface area (Å²) in [6, 6.07) is 6.48. The molecule has 8 heteroatoms. The van der Waals surface area contributed by atoms with Crippen molar-refractivity contribution < 1.29 is 23.9 Å². The summed E-state index contributed by atoms with van der Waals surface area (Å²) in [5.74, 6) is -0.859. The summed E-state index contributed by atoms with van der Waals surface area (Å²) in [6.07, 6.45) is 4.00. The van der Waals surface area contributed by atoms with Crippen LogP contribution in [0.1, 0.15) is 25.7 Å². The predicted octanol–water partition coefficient (Wildman–Crippen LogP) is 2.14. The number of carbonyl (C=O) groups is 3. The number of hydrogen-bond donors (Lipinski definition) is 2. The van der Waals surface area contributed by atoms with Crippen LogP contribution in [-0.2, 0) is 14.3 Å². The number of urea groups is 1. The lowest BCUT2D eigenvalue weighted by Gasteiger charge is -2.12. The van der Waals surface area contributed by atoms with Gasteiger partial charge < -0.3 is 14.8 Å². The van der Waals surface area contributed by atoms with Crippen LogP contribution in [0.4, 0.5) is 4.79 Å². The number of ether oxygens (including phenoxy) is 2. The van der Waals surface area contributed by atoms with Crippen LogP contribution in [0.25, 0.3) is 0 Å². The quantitative estimate of drug-likeness (QED) is 0.715. The highest BCUT2D eigenvalue weighted by Crippen LogP contribution is 2.17. The summed E-state index contributed by atoms with van der Waals surface area (Å²) in [7, 11) is 0. The molecule has 1 saturated carbocycles. The van der Waals surface area contributed by atoms with E-state index >= 15 is 0 Å². The molecule has 0 bridgehead atoms. The number of hydrogen-bond acceptors (Lipinski definition) is 5. The molecule has 1 aliphatic carbocycles. The number of halogens is 1. The molecule has 24 heavy (non-hydrogen) atoms. The van der Waals surface area contributed by atoms with Crippen LogP contribution in [0, 0.1) is 0 Å². The predicted molar refractivity (Wildman–Crippen MR) is 89.5 cm³/mol. The van der Waals surface area contributed by atoms with E-state index in [1.54, 1.807) is 24.3 Å². The number of esters is 1. The smallest absolute Gasteiger partial charge is 0.344 e. The standard InChI is InChI=1S/C16H19BrN2O5/c17-11-5-7-13(8-6-11)23-10-15(21)24-9-14(20)19-16(22)18-12-3-1-2-4-12/h5-8,12H,1-4,9-10H2,(H2,18,19,20,22). The second kappa shape index (κ2) is 9.27. The molecule has 1 aromatic rings. The molecule has 7 nitrogen and oxygen atoms in total. The number of amides is 3. The molecule has 0 saturated heterocycles. The number of nitrogens with one attached hydrogen (secondary N) is 2. The Morgan fingerprint density at radius 2 is 1.75 bits per heavy atom. The van der Waals surface area contributed by atoms with Gasteiger partial charge in [0.25, 0.3) is 5.91 Å². The third-order valence-corrected chi connectivity index (χ3v) is 4.01. The van der Waals surface area contributed by atoms with Crippen molar-refractivity contribution in [2.24, 2.45) is 0 Å². The molecule has 2 N–H and O–H groups in total. The second-order valence-corrected chi connectivity index (χ2v) is 6.32. The molecule has 0 atom stereocenters. The molecule has 0 heterocycles. The summed E-state index contributed by atoms with van der Waals surface area (Å²) in [4.78, 5) is 34.6. The van der Waals surface area contributed by atoms with Gasteiger partial charge in [-0.3, -0.25) is 10.1 Å². The zero-order valence-corrected chi connectivity index (χ0v) is 14.6. The van der Waals surface area contributed by atoms with Crippen LogP contribution in [-0.4, -0.2) is 37.2 Å². The average Bonchev–Trinajstić information content (AvgIpc) is 3.05. The lowest BCUT2D eigenvalue weighted by molar-refractivity contribution is -0.150. The van der Waals surface area contributed by atoms with Crippen molar-refractivity contribution >= 4 is 33.8 Å². The minimum atomic E-state index is -0.690. The molecule has 0 aliphatic heterocycles. The first-order valence-corrected chi connectivity index (χ1v) is 8.46. The molecule has 0 unspecified atom stereocenters. The van der Waals surface area contributed by atoms with E-state index in [1.165, 1.54) is 0 Å². The third kappa shape index (κ3) is 6.57. The van der Waals surface area contributed by atoms with Gasteiger partial charge in [-0.1, -0.05) is 28.8 Å². The van der Waals surface area contributed by atoms with Crippen molar-refractivity contribution in [3.8, 4) is 5.75 Å². The van der Waals surface area contributed by atoms with E-state index in [0.717, 1.165) is 30.2 Å². The van der Waals surface area contributed by atoms with Crippen molar-refractivity contribution in [3.05, 3.63) is 28.7 Å². The molecule has 130 valence electrons. The zero-order valence-electron chi connectivity index (χ0n) is 13.0. The molecule has 3 amide bonds. The average molecular weight is 399 g/mol. The minimum absolute atomic E-state index is 0.111. The van der Waals surface area contributed by atoms with Gasteiger partial charge in [0.1, 0.15) is 5.75 Å². The van der Waals surface area contributed by atoms with Gasteiger partial charge in [-0.25, -0.2) is 9.59 Å². The molecule has 1 fully saturated rings. The molecule has 0 radical (unpaired) electrons. The summed E-state index contributed by atoms with van der Waals surface area (Å²) < 4.78 is 10.9. The van der Waals surface area contributed by atoms with E-state index in [-0.39, 0.29) is 12.6 Å². The largest absolute Gasteiger partial charge is 0.482 e. The van der Waals surface area contributed by atoms with Crippen molar-refractivity contribution in [2.45, 2.75) is 31.7 Å². The van der Waals surface area contributed by atoms with E-state index < -0.39 is 24.5 Å². The maximum absolute atomic E-state index is 11.6. The first kappa shape index (κ1) is 18.3. The highest BCUT2D eigenvalue weighted by molar-refractivity contribution is 9.10. The fraction of sp³-hybridized carbons (Fsp3) is 0.438. The van der Waals surface area contributed by atoms with Crippen molar-refractivity contribution in [1.29, 1.82) is 0 Å². The van der Waals surface area contributed by atoms with Crippen LogP contribution in [0.15, 0.2) is 28.7 Å². The lowest BCUT2D eigenvalue weighted by atomic mass is 10.2. The van der Waals surface area contributed by atoms with E-state index in [4.69, 9.17) is 9.47 Å². The molecule has 1 aliphatic rings. The molecule has 0 spiro atoms. The van der Waals surface area contributed by atoms with Crippen LogP contribution in [0.5, 0.6) is 5.75 Å². The van der Waals surface area contributed by atoms with Gasteiger partial charge in [0, 0.05) is 10.5 Å². The van der Waals surface area contributed by atoms with E-state index in [9.17, 15) is 14.4 Å². The Morgan fingerprint density at radius 3 is 2.42 bits per heavy atom. The normalized spacial score (nSPS) is 14.0. The van der Waals surface area contributed by atoms with E-state index in [1.807, 2.05) is 0 Å². The Labute approximate surface area is 148 Å². The van der Waals surface area contributed by atoms with Crippen LogP contribution >= 0.6 is 15.9 Å². The maximum atomic E-state index is 11.6. The Balaban J connectivity index is 1.60. The van der Waals surface area contributed by atoms with Gasteiger partial charge in [-0.15, -0.1) is 0 Å². The van der Waals surface area contributed by atoms with Crippen LogP contribution in [0.2, 0.25) is 0 Å². The topological polar surface area (TPSA) is 93.7 Å². The molecular formula is C16H19BrN2O5. The van der Waals surface area contributed by atoms with Crippen molar-refractivity contribution in [1.82, 2.24) is 10.6 Å². The highest BCUT2D eigenvalue weighted by Gasteiger charge is 2.18. The van der Waals surface area contributed by atoms with Gasteiger partial charge in [-0.2, -0.15) is 0 Å². The monoisotopic (exact) mass is 398 g/mol. The zero-order chi connectivity index (χ0) is 17.4. The number of imide groups is 1. The number of carbonyl (C=O) groups excluding carboxylic acids is 3. The van der Waals surface area contributed by atoms with Crippen molar-refractivity contribution in [2.75, 3.05) is 13.2 Å². The highest BCUT2D eigenvalue weighted by atomic mass is 79.9. The summed E-state index contributed by atoms with van der Waals surface area (Å²) >= 11 is 3.29. The lowest BCUT2D eigenvalue weighted by Crippen LogP contribution is -2.45. The van der Waals surface area contributed by atoms with Gasteiger partial charge in [0.15, 0.2) is 13.2 Å². The fourth-order valence-electron chi connectivity index (χ4n) is 2.32. The number of benzene rings is 1. The van der Waals surface area contributed by atoms with Crippen molar-refractivity contribution in [3.63, 3.8) is 0 Å². The Morgan fingerprint density at radius 1 is 1.08 bits per heavy atom.